The topological polar surface area (TPSA) is 93.0 Å². The average Bonchev–Trinajstić information content (AvgIpc) is 3.30. The van der Waals surface area contributed by atoms with Crippen LogP contribution in [0.1, 0.15) is 17.2 Å². The monoisotopic (exact) mass is 429 g/mol. The molecule has 3 aromatic rings. The van der Waals surface area contributed by atoms with Crippen molar-refractivity contribution in [2.24, 2.45) is 5.92 Å². The molecule has 0 aromatic heterocycles. The highest BCUT2D eigenvalue weighted by Gasteiger charge is 2.60. The molecule has 8 heteroatoms. The molecule has 3 atom stereocenters. The number of anilines is 2. The molecule has 2 saturated heterocycles. The molecule has 2 aliphatic rings. The van der Waals surface area contributed by atoms with Gasteiger partial charge in [-0.2, -0.15) is 0 Å². The number of hydroxylamine groups is 1. The number of fused-ring (bicyclic) bond motifs is 1. The first kappa shape index (κ1) is 19.9. The van der Waals surface area contributed by atoms with Gasteiger partial charge in [0, 0.05) is 12.1 Å². The van der Waals surface area contributed by atoms with Crippen LogP contribution < -0.4 is 9.96 Å². The van der Waals surface area contributed by atoms with E-state index < -0.39 is 28.9 Å². The van der Waals surface area contributed by atoms with E-state index in [-0.39, 0.29) is 11.6 Å². The van der Waals surface area contributed by atoms with Gasteiger partial charge in [-0.3, -0.25) is 24.5 Å². The molecule has 2 heterocycles. The van der Waals surface area contributed by atoms with E-state index >= 15 is 0 Å². The van der Waals surface area contributed by atoms with Gasteiger partial charge >= 0.3 is 0 Å². The number of nitro groups is 1. The van der Waals surface area contributed by atoms with Gasteiger partial charge in [0.05, 0.1) is 22.3 Å². The van der Waals surface area contributed by atoms with Crippen LogP contribution in [0.3, 0.4) is 0 Å². The highest BCUT2D eigenvalue weighted by atomic mass is 16.7. The zero-order chi connectivity index (χ0) is 22.4. The SMILES string of the molecule is Cc1cccc(N2C(=O)[C@@H]3[C@@H](c4ccc([N+](=O)[O-])cc4)N(c4ccccc4)O[C@H]3C2=O)c1. The summed E-state index contributed by atoms with van der Waals surface area (Å²) in [6.07, 6.45) is -0.983. The average molecular weight is 429 g/mol. The normalized spacial score (nSPS) is 22.3. The number of benzene rings is 3. The van der Waals surface area contributed by atoms with E-state index in [4.69, 9.17) is 4.84 Å². The van der Waals surface area contributed by atoms with Crippen LogP contribution in [-0.2, 0) is 14.4 Å². The summed E-state index contributed by atoms with van der Waals surface area (Å²) < 4.78 is 0. The van der Waals surface area contributed by atoms with Crippen LogP contribution in [0.15, 0.2) is 78.9 Å². The number of carbonyl (C=O) groups excluding carboxylic acids is 2. The maximum atomic E-state index is 13.5. The zero-order valence-electron chi connectivity index (χ0n) is 17.1. The molecule has 0 N–H and O–H groups in total. The van der Waals surface area contributed by atoms with Gasteiger partial charge in [-0.05, 0) is 42.3 Å². The number of aryl methyl sites for hydroxylation is 1. The van der Waals surface area contributed by atoms with Crippen molar-refractivity contribution >= 4 is 28.9 Å². The van der Waals surface area contributed by atoms with E-state index in [9.17, 15) is 19.7 Å². The van der Waals surface area contributed by atoms with Crippen LogP contribution in [0, 0.1) is 23.0 Å². The van der Waals surface area contributed by atoms with Crippen molar-refractivity contribution in [1.82, 2.24) is 0 Å². The van der Waals surface area contributed by atoms with Gasteiger partial charge in [0.25, 0.3) is 11.6 Å². The Bertz CT molecular complexity index is 1210. The Balaban J connectivity index is 1.58. The molecule has 2 amide bonds. The number of amides is 2. The van der Waals surface area contributed by atoms with Crippen LogP contribution in [0.5, 0.6) is 0 Å². The lowest BCUT2D eigenvalue weighted by atomic mass is 9.90. The smallest absolute Gasteiger partial charge is 0.269 e. The Kier molecular flexibility index (Phi) is 4.71. The number of nitrogens with zero attached hydrogens (tertiary/aromatic N) is 3. The summed E-state index contributed by atoms with van der Waals surface area (Å²) in [5.74, 6) is -1.56. The number of hydrogen-bond donors (Lipinski definition) is 0. The minimum absolute atomic E-state index is 0.0503. The summed E-state index contributed by atoms with van der Waals surface area (Å²) in [6.45, 7) is 1.89. The summed E-state index contributed by atoms with van der Waals surface area (Å²) in [4.78, 5) is 44.7. The lowest BCUT2D eigenvalue weighted by molar-refractivity contribution is -0.384. The van der Waals surface area contributed by atoms with Crippen LogP contribution in [-0.4, -0.2) is 22.8 Å². The Morgan fingerprint density at radius 2 is 1.56 bits per heavy atom. The fraction of sp³-hybridized carbons (Fsp3) is 0.167. The third kappa shape index (κ3) is 3.12. The van der Waals surface area contributed by atoms with E-state index in [1.54, 1.807) is 35.4 Å². The molecular weight excluding hydrogens is 410 g/mol. The number of para-hydroxylation sites is 1. The highest BCUT2D eigenvalue weighted by Crippen LogP contribution is 2.47. The molecule has 2 aliphatic heterocycles. The highest BCUT2D eigenvalue weighted by molar-refractivity contribution is 6.23. The largest absolute Gasteiger partial charge is 0.273 e. The molecule has 0 unspecified atom stereocenters. The number of non-ortho nitro benzene ring substituents is 1. The van der Waals surface area contributed by atoms with Crippen LogP contribution in [0.4, 0.5) is 17.1 Å². The van der Waals surface area contributed by atoms with Gasteiger partial charge in [0.2, 0.25) is 5.91 Å². The van der Waals surface area contributed by atoms with E-state index in [2.05, 4.69) is 0 Å². The molecule has 32 heavy (non-hydrogen) atoms. The summed E-state index contributed by atoms with van der Waals surface area (Å²) in [7, 11) is 0. The number of nitro benzene ring substituents is 1. The summed E-state index contributed by atoms with van der Waals surface area (Å²) in [6, 6.07) is 21.8. The van der Waals surface area contributed by atoms with Crippen molar-refractivity contribution in [1.29, 1.82) is 0 Å². The third-order valence-electron chi connectivity index (χ3n) is 5.83. The molecule has 2 fully saturated rings. The van der Waals surface area contributed by atoms with Gasteiger partial charge in [0.15, 0.2) is 6.10 Å². The Morgan fingerprint density at radius 1 is 0.875 bits per heavy atom. The van der Waals surface area contributed by atoms with Crippen molar-refractivity contribution in [2.45, 2.75) is 19.1 Å². The first-order valence-electron chi connectivity index (χ1n) is 10.2. The molecule has 0 saturated carbocycles. The predicted octanol–water partition coefficient (Wildman–Crippen LogP) is 3.95. The number of carbonyl (C=O) groups is 2. The number of imide groups is 1. The summed E-state index contributed by atoms with van der Waals surface area (Å²) in [5.41, 5.74) is 2.73. The molecule has 3 aromatic carbocycles. The standard InChI is InChI=1S/C24H19N3O5/c1-15-6-5-9-19(14-15)25-23(28)20-21(16-10-12-18(13-11-16)27(30)31)26(32-22(20)24(25)29)17-7-3-2-4-8-17/h2-14,20-22H,1H3/t20-,21-,22-/m1/s1. The van der Waals surface area contributed by atoms with Gasteiger partial charge in [-0.25, -0.2) is 9.96 Å². The minimum Gasteiger partial charge on any atom is -0.273 e. The van der Waals surface area contributed by atoms with Gasteiger partial charge < -0.3 is 0 Å². The van der Waals surface area contributed by atoms with E-state index in [1.165, 1.54) is 17.0 Å². The van der Waals surface area contributed by atoms with Crippen molar-refractivity contribution in [3.05, 3.63) is 100 Å². The minimum atomic E-state index is -0.983. The van der Waals surface area contributed by atoms with Crippen LogP contribution in [0.25, 0.3) is 0 Å². The predicted molar refractivity (Wildman–Crippen MR) is 117 cm³/mol. The molecule has 0 spiro atoms. The van der Waals surface area contributed by atoms with Gasteiger partial charge in [-0.1, -0.05) is 42.5 Å². The molecule has 0 aliphatic carbocycles. The fourth-order valence-electron chi connectivity index (χ4n) is 4.37. The molecule has 0 bridgehead atoms. The first-order valence-corrected chi connectivity index (χ1v) is 10.2. The number of rotatable bonds is 4. The molecule has 160 valence electrons. The lowest BCUT2D eigenvalue weighted by Gasteiger charge is -2.28. The molecule has 0 radical (unpaired) electrons. The first-order chi connectivity index (χ1) is 15.5. The van der Waals surface area contributed by atoms with Crippen molar-refractivity contribution in [2.75, 3.05) is 9.96 Å². The molecular formula is C24H19N3O5. The van der Waals surface area contributed by atoms with Crippen molar-refractivity contribution in [3.8, 4) is 0 Å². The maximum Gasteiger partial charge on any atom is 0.269 e. The lowest BCUT2D eigenvalue weighted by Crippen LogP contribution is -2.37. The fourth-order valence-corrected chi connectivity index (χ4v) is 4.37. The Labute approximate surface area is 183 Å². The Morgan fingerprint density at radius 3 is 2.22 bits per heavy atom. The van der Waals surface area contributed by atoms with Gasteiger partial charge in [0.1, 0.15) is 5.92 Å². The molecule has 8 nitrogen and oxygen atoms in total. The maximum absolute atomic E-state index is 13.5. The Hall–Kier alpha value is -4.04. The summed E-state index contributed by atoms with van der Waals surface area (Å²) in [5, 5.41) is 12.7. The van der Waals surface area contributed by atoms with E-state index in [0.29, 0.717) is 16.9 Å². The second-order valence-electron chi connectivity index (χ2n) is 7.86. The quantitative estimate of drug-likeness (QED) is 0.354. The van der Waals surface area contributed by atoms with E-state index in [0.717, 1.165) is 5.56 Å². The second kappa shape index (κ2) is 7.58. The van der Waals surface area contributed by atoms with Crippen LogP contribution >= 0.6 is 0 Å². The van der Waals surface area contributed by atoms with Gasteiger partial charge in [-0.15, -0.1) is 0 Å². The van der Waals surface area contributed by atoms with Crippen LogP contribution in [0.2, 0.25) is 0 Å². The van der Waals surface area contributed by atoms with Crippen molar-refractivity contribution < 1.29 is 19.3 Å². The number of hydrogen-bond acceptors (Lipinski definition) is 6. The van der Waals surface area contributed by atoms with E-state index in [1.807, 2.05) is 43.3 Å². The second-order valence-corrected chi connectivity index (χ2v) is 7.86. The zero-order valence-corrected chi connectivity index (χ0v) is 17.1. The van der Waals surface area contributed by atoms with Crippen molar-refractivity contribution in [3.63, 3.8) is 0 Å². The molecule has 5 rings (SSSR count). The summed E-state index contributed by atoms with van der Waals surface area (Å²) >= 11 is 0. The third-order valence-corrected chi connectivity index (χ3v) is 5.83.